The van der Waals surface area contributed by atoms with Gasteiger partial charge in [-0.3, -0.25) is 0 Å². The molecule has 1 fully saturated rings. The van der Waals surface area contributed by atoms with Crippen molar-refractivity contribution in [2.75, 3.05) is 26.2 Å². The van der Waals surface area contributed by atoms with Crippen LogP contribution < -0.4 is 39.9 Å². The van der Waals surface area contributed by atoms with E-state index in [1.807, 2.05) is 0 Å². The van der Waals surface area contributed by atoms with Crippen molar-refractivity contribution in [2.45, 2.75) is 0 Å². The smallest absolute Gasteiger partial charge is 0.00772 e. The SMILES string of the molecule is C1CNCCN1.[Br-].[NH4+].[NH4+]. The second kappa shape index (κ2) is 11.2. The van der Waals surface area contributed by atoms with Crippen LogP contribution in [0.4, 0.5) is 0 Å². The summed E-state index contributed by atoms with van der Waals surface area (Å²) in [4.78, 5) is 0. The van der Waals surface area contributed by atoms with Gasteiger partial charge in [0.25, 0.3) is 0 Å². The fourth-order valence-corrected chi connectivity index (χ4v) is 0.604. The first-order valence-corrected chi connectivity index (χ1v) is 2.41. The molecule has 0 aromatic rings. The average molecular weight is 202 g/mol. The first-order chi connectivity index (χ1) is 3.00. The summed E-state index contributed by atoms with van der Waals surface area (Å²) in [6.45, 7) is 4.56. The van der Waals surface area contributed by atoms with E-state index >= 15 is 0 Å². The van der Waals surface area contributed by atoms with Crippen LogP contribution in [0.15, 0.2) is 0 Å². The maximum Gasteiger partial charge on any atom is 0.00772 e. The molecule has 5 heteroatoms. The highest BCUT2D eigenvalue weighted by Crippen LogP contribution is 1.65. The molecule has 1 aliphatic rings. The summed E-state index contributed by atoms with van der Waals surface area (Å²) in [5, 5.41) is 6.44. The van der Waals surface area contributed by atoms with E-state index in [-0.39, 0.29) is 29.3 Å². The van der Waals surface area contributed by atoms with Crippen LogP contribution in [0.25, 0.3) is 0 Å². The molecule has 0 bridgehead atoms. The van der Waals surface area contributed by atoms with Crippen molar-refractivity contribution >= 4 is 0 Å². The minimum absolute atomic E-state index is 0. The third kappa shape index (κ3) is 8.32. The van der Waals surface area contributed by atoms with Crippen molar-refractivity contribution in [2.24, 2.45) is 0 Å². The Morgan fingerprint density at radius 3 is 1.00 bits per heavy atom. The molecule has 0 radical (unpaired) electrons. The fraction of sp³-hybridized carbons (Fsp3) is 1.00. The molecule has 0 atom stereocenters. The minimum atomic E-state index is 0. The van der Waals surface area contributed by atoms with Gasteiger partial charge in [0.15, 0.2) is 0 Å². The van der Waals surface area contributed by atoms with Crippen LogP contribution in [0.3, 0.4) is 0 Å². The molecule has 0 aromatic carbocycles. The Balaban J connectivity index is -0.000000120. The average Bonchev–Trinajstić information content (AvgIpc) is 1.72. The summed E-state index contributed by atoms with van der Waals surface area (Å²) in [6, 6.07) is 0. The van der Waals surface area contributed by atoms with Crippen LogP contribution in [0.1, 0.15) is 0 Å². The number of piperazine rings is 1. The number of hydrogen-bond donors (Lipinski definition) is 4. The van der Waals surface area contributed by atoms with Gasteiger partial charge < -0.3 is 39.9 Å². The molecular weight excluding hydrogens is 184 g/mol. The molecule has 0 saturated carbocycles. The van der Waals surface area contributed by atoms with Gasteiger partial charge in [-0.25, -0.2) is 0 Å². The minimum Gasteiger partial charge on any atom is -1.00 e. The molecule has 10 N–H and O–H groups in total. The second-order valence-corrected chi connectivity index (χ2v) is 1.50. The molecule has 0 unspecified atom stereocenters. The first kappa shape index (κ1) is 16.2. The quantitative estimate of drug-likeness (QED) is 0.335. The number of hydrogen-bond acceptors (Lipinski definition) is 2. The highest BCUT2D eigenvalue weighted by molar-refractivity contribution is 4.59. The Morgan fingerprint density at radius 1 is 0.667 bits per heavy atom. The van der Waals surface area contributed by atoms with Crippen LogP contribution in [-0.4, -0.2) is 26.2 Å². The third-order valence-corrected chi connectivity index (χ3v) is 0.957. The molecular formula is C4H18BrN4+. The summed E-state index contributed by atoms with van der Waals surface area (Å²) < 4.78 is 0. The third-order valence-electron chi connectivity index (χ3n) is 0.957. The number of nitrogens with one attached hydrogen (secondary N) is 2. The maximum absolute atomic E-state index is 3.22. The fourth-order valence-electron chi connectivity index (χ4n) is 0.604. The molecule has 0 amide bonds. The standard InChI is InChI=1S/C4H10N2.BrH.2H3N/c1-2-6-4-3-5-1;;;/h5-6H,1-4H2;1H;2*1H3/p+1. The zero-order chi connectivity index (χ0) is 4.24. The Morgan fingerprint density at radius 2 is 0.889 bits per heavy atom. The van der Waals surface area contributed by atoms with Gasteiger partial charge in [0.1, 0.15) is 0 Å². The van der Waals surface area contributed by atoms with E-state index < -0.39 is 0 Å². The van der Waals surface area contributed by atoms with Gasteiger partial charge in [-0.05, 0) is 0 Å². The van der Waals surface area contributed by atoms with Gasteiger partial charge in [-0.1, -0.05) is 0 Å². The lowest BCUT2D eigenvalue weighted by molar-refractivity contribution is -0.00000227. The van der Waals surface area contributed by atoms with E-state index in [1.165, 1.54) is 0 Å². The van der Waals surface area contributed by atoms with Crippen LogP contribution in [0, 0.1) is 0 Å². The second-order valence-electron chi connectivity index (χ2n) is 1.50. The van der Waals surface area contributed by atoms with E-state index in [0.717, 1.165) is 26.2 Å². The summed E-state index contributed by atoms with van der Waals surface area (Å²) in [5.74, 6) is 0. The summed E-state index contributed by atoms with van der Waals surface area (Å²) in [6.07, 6.45) is 0. The Bertz CT molecular complexity index is 28.0. The van der Waals surface area contributed by atoms with Crippen LogP contribution in [0.2, 0.25) is 0 Å². The van der Waals surface area contributed by atoms with Gasteiger partial charge in [0.05, 0.1) is 0 Å². The first-order valence-electron chi connectivity index (χ1n) is 2.41. The predicted molar refractivity (Wildman–Crippen MR) is 37.7 cm³/mol. The monoisotopic (exact) mass is 201 g/mol. The lowest BCUT2D eigenvalue weighted by Crippen LogP contribution is -3.00. The van der Waals surface area contributed by atoms with E-state index in [4.69, 9.17) is 0 Å². The molecule has 1 saturated heterocycles. The van der Waals surface area contributed by atoms with Crippen molar-refractivity contribution in [3.63, 3.8) is 0 Å². The van der Waals surface area contributed by atoms with Gasteiger partial charge >= 0.3 is 0 Å². The summed E-state index contributed by atoms with van der Waals surface area (Å²) in [5.41, 5.74) is 0. The zero-order valence-electron chi connectivity index (χ0n) is 6.21. The number of halogens is 1. The Kier molecular flexibility index (Phi) is 20.0. The predicted octanol–water partition coefficient (Wildman–Crippen LogP) is -3.06. The topological polar surface area (TPSA) is 97.1 Å². The highest BCUT2D eigenvalue weighted by atomic mass is 79.9. The van der Waals surface area contributed by atoms with Gasteiger partial charge in [0.2, 0.25) is 0 Å². The Labute approximate surface area is 66.7 Å². The molecule has 0 aliphatic carbocycles. The van der Waals surface area contributed by atoms with Crippen LogP contribution in [-0.2, 0) is 0 Å². The molecule has 9 heavy (non-hydrogen) atoms. The van der Waals surface area contributed by atoms with E-state index in [2.05, 4.69) is 10.6 Å². The number of rotatable bonds is 0. The van der Waals surface area contributed by atoms with E-state index in [9.17, 15) is 0 Å². The van der Waals surface area contributed by atoms with Gasteiger partial charge in [0, 0.05) is 26.2 Å². The lowest BCUT2D eigenvalue weighted by atomic mass is 10.4. The van der Waals surface area contributed by atoms with Crippen molar-refractivity contribution in [1.82, 2.24) is 22.9 Å². The summed E-state index contributed by atoms with van der Waals surface area (Å²) in [7, 11) is 0. The molecule has 4 nitrogen and oxygen atoms in total. The molecule has 0 spiro atoms. The molecule has 60 valence electrons. The molecule has 1 rings (SSSR count). The van der Waals surface area contributed by atoms with Crippen molar-refractivity contribution in [3.05, 3.63) is 0 Å². The zero-order valence-corrected chi connectivity index (χ0v) is 7.79. The van der Waals surface area contributed by atoms with Gasteiger partial charge in [-0.15, -0.1) is 0 Å². The van der Waals surface area contributed by atoms with Crippen LogP contribution >= 0.6 is 0 Å². The number of quaternary nitrogens is 2. The van der Waals surface area contributed by atoms with E-state index in [0.29, 0.717) is 0 Å². The van der Waals surface area contributed by atoms with Crippen LogP contribution in [0.5, 0.6) is 0 Å². The van der Waals surface area contributed by atoms with Crippen molar-refractivity contribution in [1.29, 1.82) is 0 Å². The molecule has 1 heterocycles. The molecule has 0 aromatic heterocycles. The normalized spacial score (nSPS) is 16.0. The summed E-state index contributed by atoms with van der Waals surface area (Å²) >= 11 is 0. The van der Waals surface area contributed by atoms with Crippen molar-refractivity contribution < 1.29 is 17.0 Å². The van der Waals surface area contributed by atoms with Gasteiger partial charge in [-0.2, -0.15) is 0 Å². The Hall–Kier alpha value is 0.320. The maximum atomic E-state index is 3.22. The van der Waals surface area contributed by atoms with E-state index in [1.54, 1.807) is 0 Å². The lowest BCUT2D eigenvalue weighted by Gasteiger charge is -2.11. The highest BCUT2D eigenvalue weighted by Gasteiger charge is 1.91. The van der Waals surface area contributed by atoms with Crippen molar-refractivity contribution in [3.8, 4) is 0 Å². The molecule has 1 aliphatic heterocycles. The largest absolute Gasteiger partial charge is 1.00 e.